The Kier molecular flexibility index (Phi) is 11.0. The van der Waals surface area contributed by atoms with Gasteiger partial charge in [-0.05, 0) is 49.1 Å². The number of amides is 2. The van der Waals surface area contributed by atoms with Crippen molar-refractivity contribution in [3.05, 3.63) is 107 Å². The monoisotopic (exact) mass is 653 g/mol. The zero-order valence-electron chi connectivity index (χ0n) is 26.8. The van der Waals surface area contributed by atoms with E-state index >= 15 is 0 Å². The third-order valence-corrected chi connectivity index (χ3v) is 9.31. The molecule has 252 valence electrons. The second kappa shape index (κ2) is 15.0. The highest BCUT2D eigenvalue weighted by atomic mass is 19.4. The molecule has 0 saturated carbocycles. The minimum atomic E-state index is -5.02. The molecular weight excluding hydrogens is 611 g/mol. The fourth-order valence-corrected chi connectivity index (χ4v) is 6.30. The van der Waals surface area contributed by atoms with E-state index in [1.165, 1.54) is 5.56 Å². The van der Waals surface area contributed by atoms with E-state index in [1.807, 2.05) is 66.7 Å². The molecule has 2 N–H and O–H groups in total. The van der Waals surface area contributed by atoms with Crippen molar-refractivity contribution < 1.29 is 37.3 Å². The number of aliphatic hydroxyl groups excluding tert-OH is 1. The molecule has 11 heteroatoms. The van der Waals surface area contributed by atoms with E-state index in [2.05, 4.69) is 43.2 Å². The number of ether oxygens (including phenoxy) is 2. The highest BCUT2D eigenvalue weighted by Crippen LogP contribution is 2.42. The summed E-state index contributed by atoms with van der Waals surface area (Å²) < 4.78 is 52.1. The summed E-state index contributed by atoms with van der Waals surface area (Å²) in [4.78, 5) is 27.4. The average molecular weight is 654 g/mol. The number of likely N-dealkylation sites (N-methyl/N-ethyl adjacent to an activating group) is 1. The van der Waals surface area contributed by atoms with E-state index in [0.717, 1.165) is 22.3 Å². The molecule has 0 radical (unpaired) electrons. The lowest BCUT2D eigenvalue weighted by Gasteiger charge is -2.43. The van der Waals surface area contributed by atoms with Crippen LogP contribution in [0.1, 0.15) is 72.9 Å². The number of nitrogens with one attached hydrogen (secondary N) is 1. The molecule has 8 nitrogen and oxygen atoms in total. The van der Waals surface area contributed by atoms with Crippen molar-refractivity contribution in [2.24, 2.45) is 5.92 Å². The summed E-state index contributed by atoms with van der Waals surface area (Å²) in [6.45, 7) is 4.89. The standard InChI is InChI=1S/C36H42F3N3O5/c1-23-31(21-41(3)24(2)27-8-5-4-6-9-27)46-34(47-32(23)28-15-13-26(22-43)14-16-28)29-17-11-25(12-18-29)20-40-33(44)30-10-7-19-42(30)35(45)36(37,38)39/h4-6,8-9,11-18,23-24,30-32,34,43H,7,10,19-22H2,1-3H3,(H,40,44). The first-order chi connectivity index (χ1) is 22.5. The molecule has 0 spiro atoms. The summed E-state index contributed by atoms with van der Waals surface area (Å²) in [5, 5.41) is 12.2. The fourth-order valence-electron chi connectivity index (χ4n) is 6.30. The fraction of sp³-hybridized carbons (Fsp3) is 0.444. The number of alkyl halides is 3. The predicted molar refractivity (Wildman–Crippen MR) is 170 cm³/mol. The van der Waals surface area contributed by atoms with Crippen molar-refractivity contribution in [2.45, 2.75) is 76.6 Å². The summed E-state index contributed by atoms with van der Waals surface area (Å²) in [6.07, 6.45) is -5.63. The zero-order chi connectivity index (χ0) is 33.7. The number of likely N-dealkylation sites (tertiary alicyclic amines) is 1. The first-order valence-corrected chi connectivity index (χ1v) is 16.0. The molecule has 6 atom stereocenters. The van der Waals surface area contributed by atoms with Crippen LogP contribution in [-0.4, -0.2) is 65.2 Å². The Bertz CT molecular complexity index is 1490. The number of carbonyl (C=O) groups is 2. The van der Waals surface area contributed by atoms with Gasteiger partial charge in [-0.3, -0.25) is 14.5 Å². The Morgan fingerprint density at radius 2 is 1.62 bits per heavy atom. The summed E-state index contributed by atoms with van der Waals surface area (Å²) in [5.74, 6) is -2.59. The molecule has 0 aromatic heterocycles. The van der Waals surface area contributed by atoms with Crippen LogP contribution >= 0.6 is 0 Å². The molecule has 2 fully saturated rings. The second-order valence-corrected chi connectivity index (χ2v) is 12.5. The molecule has 0 bridgehead atoms. The van der Waals surface area contributed by atoms with Crippen molar-refractivity contribution in [1.82, 2.24) is 15.1 Å². The molecule has 2 aliphatic heterocycles. The number of halogens is 3. The van der Waals surface area contributed by atoms with Gasteiger partial charge in [0, 0.05) is 37.2 Å². The Hall–Kier alpha value is -3.77. The third-order valence-electron chi connectivity index (χ3n) is 9.31. The van der Waals surface area contributed by atoms with E-state index in [-0.39, 0.29) is 50.3 Å². The molecule has 2 heterocycles. The van der Waals surface area contributed by atoms with Crippen LogP contribution in [0.2, 0.25) is 0 Å². The van der Waals surface area contributed by atoms with Crippen LogP contribution < -0.4 is 5.32 Å². The minimum Gasteiger partial charge on any atom is -0.392 e. The first kappa shape index (κ1) is 34.6. The SMILES string of the molecule is CC1C(CN(C)C(C)c2ccccc2)OC(c2ccc(CNC(=O)C3CCCN3C(=O)C(F)(F)F)cc2)OC1c1ccc(CO)cc1. The van der Waals surface area contributed by atoms with Crippen LogP contribution in [0.3, 0.4) is 0 Å². The van der Waals surface area contributed by atoms with Gasteiger partial charge in [-0.1, -0.05) is 85.8 Å². The van der Waals surface area contributed by atoms with Crippen LogP contribution in [0.5, 0.6) is 0 Å². The van der Waals surface area contributed by atoms with Gasteiger partial charge in [0.1, 0.15) is 6.04 Å². The first-order valence-electron chi connectivity index (χ1n) is 16.0. The topological polar surface area (TPSA) is 91.3 Å². The number of carbonyl (C=O) groups excluding carboxylic acids is 2. The molecule has 3 aromatic rings. The summed E-state index contributed by atoms with van der Waals surface area (Å²) >= 11 is 0. The van der Waals surface area contributed by atoms with Gasteiger partial charge in [0.2, 0.25) is 5.91 Å². The maximum atomic E-state index is 13.0. The largest absolute Gasteiger partial charge is 0.471 e. The van der Waals surface area contributed by atoms with E-state index in [4.69, 9.17) is 9.47 Å². The summed E-state index contributed by atoms with van der Waals surface area (Å²) in [6, 6.07) is 24.4. The molecule has 6 unspecified atom stereocenters. The van der Waals surface area contributed by atoms with Crippen LogP contribution in [0.4, 0.5) is 13.2 Å². The lowest BCUT2D eigenvalue weighted by Crippen LogP contribution is -2.50. The number of hydrogen-bond donors (Lipinski definition) is 2. The number of nitrogens with zero attached hydrogens (tertiary/aromatic N) is 2. The van der Waals surface area contributed by atoms with E-state index in [0.29, 0.717) is 17.9 Å². The maximum Gasteiger partial charge on any atom is 0.471 e. The number of rotatable bonds is 10. The highest BCUT2D eigenvalue weighted by Gasteiger charge is 2.47. The number of hydrogen-bond acceptors (Lipinski definition) is 6. The lowest BCUT2D eigenvalue weighted by atomic mass is 9.89. The predicted octanol–water partition coefficient (Wildman–Crippen LogP) is 5.83. The van der Waals surface area contributed by atoms with Gasteiger partial charge in [0.05, 0.1) is 18.8 Å². The molecule has 0 aliphatic carbocycles. The summed E-state index contributed by atoms with van der Waals surface area (Å²) in [7, 11) is 2.08. The molecule has 2 aliphatic rings. The van der Waals surface area contributed by atoms with Gasteiger partial charge in [0.15, 0.2) is 6.29 Å². The Morgan fingerprint density at radius 3 is 2.26 bits per heavy atom. The smallest absolute Gasteiger partial charge is 0.392 e. The van der Waals surface area contributed by atoms with E-state index in [1.54, 1.807) is 0 Å². The normalized spacial score (nSPS) is 23.9. The Balaban J connectivity index is 1.28. The molecule has 3 aromatic carbocycles. The highest BCUT2D eigenvalue weighted by molar-refractivity contribution is 5.90. The van der Waals surface area contributed by atoms with Crippen LogP contribution in [-0.2, 0) is 32.2 Å². The third kappa shape index (κ3) is 8.21. The van der Waals surface area contributed by atoms with Crippen molar-refractivity contribution in [2.75, 3.05) is 20.1 Å². The van der Waals surface area contributed by atoms with Gasteiger partial charge in [-0.25, -0.2) is 0 Å². The Labute approximate surface area is 273 Å². The van der Waals surface area contributed by atoms with Crippen LogP contribution in [0.25, 0.3) is 0 Å². The Morgan fingerprint density at radius 1 is 0.979 bits per heavy atom. The molecule has 47 heavy (non-hydrogen) atoms. The lowest BCUT2D eigenvalue weighted by molar-refractivity contribution is -0.276. The molecule has 2 amide bonds. The zero-order valence-corrected chi connectivity index (χ0v) is 26.8. The molecule has 2 saturated heterocycles. The van der Waals surface area contributed by atoms with Gasteiger partial charge < -0.3 is 24.8 Å². The van der Waals surface area contributed by atoms with Gasteiger partial charge in [-0.2, -0.15) is 13.2 Å². The number of aliphatic hydroxyl groups is 1. The van der Waals surface area contributed by atoms with Crippen molar-refractivity contribution in [3.63, 3.8) is 0 Å². The number of benzene rings is 3. The van der Waals surface area contributed by atoms with Crippen molar-refractivity contribution in [3.8, 4) is 0 Å². The molecular formula is C36H42F3N3O5. The maximum absolute atomic E-state index is 13.0. The molecule has 5 rings (SSSR count). The van der Waals surface area contributed by atoms with Gasteiger partial charge in [-0.15, -0.1) is 0 Å². The quantitative estimate of drug-likeness (QED) is 0.286. The van der Waals surface area contributed by atoms with Crippen LogP contribution in [0.15, 0.2) is 78.9 Å². The van der Waals surface area contributed by atoms with Crippen LogP contribution in [0, 0.1) is 5.92 Å². The van der Waals surface area contributed by atoms with E-state index in [9.17, 15) is 27.9 Å². The van der Waals surface area contributed by atoms with E-state index < -0.39 is 30.3 Å². The minimum absolute atomic E-state index is 0.00511. The van der Waals surface area contributed by atoms with Crippen molar-refractivity contribution >= 4 is 11.8 Å². The van der Waals surface area contributed by atoms with Crippen molar-refractivity contribution in [1.29, 1.82) is 0 Å². The second-order valence-electron chi connectivity index (χ2n) is 12.5. The summed E-state index contributed by atoms with van der Waals surface area (Å²) in [5.41, 5.74) is 4.52. The van der Waals surface area contributed by atoms with Gasteiger partial charge in [0.25, 0.3) is 0 Å². The van der Waals surface area contributed by atoms with Gasteiger partial charge >= 0.3 is 12.1 Å². The average Bonchev–Trinajstić information content (AvgIpc) is 3.58.